The molecule has 84 valence electrons. The van der Waals surface area contributed by atoms with Crippen molar-refractivity contribution >= 4 is 23.6 Å². The lowest BCUT2D eigenvalue weighted by molar-refractivity contribution is -0.138. The molecule has 0 bridgehead atoms. The van der Waals surface area contributed by atoms with Gasteiger partial charge in [0, 0.05) is 0 Å². The normalized spacial score (nSPS) is 24.1. The molecule has 16 heavy (non-hydrogen) atoms. The van der Waals surface area contributed by atoms with Gasteiger partial charge in [0.25, 0.3) is 0 Å². The van der Waals surface area contributed by atoms with Crippen LogP contribution in [0.5, 0.6) is 0 Å². The number of carboxylic acid groups (broad SMARTS) is 1. The molecule has 4 nitrogen and oxygen atoms in total. The molecule has 1 aromatic rings. The Morgan fingerprint density at radius 1 is 1.38 bits per heavy atom. The second-order valence-corrected chi connectivity index (χ2v) is 4.83. The summed E-state index contributed by atoms with van der Waals surface area (Å²) in [6, 6.07) is 9.53. The van der Waals surface area contributed by atoms with E-state index < -0.39 is 11.2 Å². The minimum Gasteiger partial charge on any atom is -0.481 e. The molecule has 0 saturated carbocycles. The van der Waals surface area contributed by atoms with Crippen molar-refractivity contribution in [3.05, 3.63) is 35.9 Å². The van der Waals surface area contributed by atoms with Crippen molar-refractivity contribution < 1.29 is 14.7 Å². The van der Waals surface area contributed by atoms with Gasteiger partial charge in [0.05, 0.1) is 11.7 Å². The summed E-state index contributed by atoms with van der Waals surface area (Å²) in [5.74, 6) is -1.14. The lowest BCUT2D eigenvalue weighted by Crippen LogP contribution is -2.25. The second-order valence-electron chi connectivity index (χ2n) is 3.52. The highest BCUT2D eigenvalue weighted by atomic mass is 32.2. The number of hydrogen-bond donors (Lipinski definition) is 2. The number of carboxylic acids is 1. The van der Waals surface area contributed by atoms with Crippen molar-refractivity contribution in [3.8, 4) is 0 Å². The second kappa shape index (κ2) is 4.57. The minimum atomic E-state index is -0.943. The number of nitrogens with one attached hydrogen (secondary N) is 1. The first kappa shape index (κ1) is 11.0. The molecule has 1 fully saturated rings. The first-order valence-corrected chi connectivity index (χ1v) is 5.83. The maximum atomic E-state index is 11.5. The largest absolute Gasteiger partial charge is 0.481 e. The summed E-state index contributed by atoms with van der Waals surface area (Å²) < 4.78 is 0. The number of hydrogen-bond acceptors (Lipinski definition) is 3. The smallest absolute Gasteiger partial charge is 0.305 e. The molecule has 2 rings (SSSR count). The van der Waals surface area contributed by atoms with E-state index in [1.807, 2.05) is 30.3 Å². The van der Waals surface area contributed by atoms with Gasteiger partial charge in [0.15, 0.2) is 0 Å². The fourth-order valence-electron chi connectivity index (χ4n) is 1.57. The third-order valence-electron chi connectivity index (χ3n) is 2.33. The Kier molecular flexibility index (Phi) is 3.14. The van der Waals surface area contributed by atoms with Crippen LogP contribution in [0.2, 0.25) is 0 Å². The van der Waals surface area contributed by atoms with Gasteiger partial charge >= 0.3 is 5.97 Å². The summed E-state index contributed by atoms with van der Waals surface area (Å²) in [6.07, 6.45) is -0.125. The van der Waals surface area contributed by atoms with Crippen LogP contribution in [0.3, 0.4) is 0 Å². The zero-order valence-electron chi connectivity index (χ0n) is 8.42. The van der Waals surface area contributed by atoms with E-state index in [4.69, 9.17) is 5.11 Å². The standard InChI is InChI=1S/C11H11NO3S/c13-9(14)6-8-10(15)12-11(16-8)7-4-2-1-3-5-7/h1-5,8,11H,6H2,(H,12,15)(H,13,14). The van der Waals surface area contributed by atoms with Crippen LogP contribution in [0, 0.1) is 0 Å². The molecular weight excluding hydrogens is 226 g/mol. The summed E-state index contributed by atoms with van der Waals surface area (Å²) in [7, 11) is 0. The SMILES string of the molecule is O=C(O)CC1SC(c2ccccc2)NC1=O. The Hall–Kier alpha value is -1.49. The third kappa shape index (κ3) is 2.36. The number of carbonyl (C=O) groups excluding carboxylic acids is 1. The Morgan fingerprint density at radius 2 is 2.06 bits per heavy atom. The van der Waals surface area contributed by atoms with Crippen molar-refractivity contribution in [3.63, 3.8) is 0 Å². The van der Waals surface area contributed by atoms with E-state index in [-0.39, 0.29) is 17.7 Å². The van der Waals surface area contributed by atoms with Crippen LogP contribution in [-0.2, 0) is 9.59 Å². The molecule has 5 heteroatoms. The molecule has 0 spiro atoms. The molecule has 1 amide bonds. The molecule has 0 aliphatic carbocycles. The summed E-state index contributed by atoms with van der Waals surface area (Å²) >= 11 is 1.36. The average Bonchev–Trinajstić information content (AvgIpc) is 2.61. The van der Waals surface area contributed by atoms with E-state index in [0.717, 1.165) is 5.56 Å². The van der Waals surface area contributed by atoms with Gasteiger partial charge in [-0.25, -0.2) is 0 Å². The van der Waals surface area contributed by atoms with Crippen molar-refractivity contribution in [2.45, 2.75) is 17.0 Å². The van der Waals surface area contributed by atoms with Gasteiger partial charge in [0.1, 0.15) is 5.37 Å². The van der Waals surface area contributed by atoms with Crippen molar-refractivity contribution in [1.29, 1.82) is 0 Å². The van der Waals surface area contributed by atoms with Crippen LogP contribution in [0.15, 0.2) is 30.3 Å². The molecule has 0 aromatic heterocycles. The van der Waals surface area contributed by atoms with Crippen LogP contribution in [0.1, 0.15) is 17.4 Å². The number of benzene rings is 1. The van der Waals surface area contributed by atoms with Crippen LogP contribution < -0.4 is 5.32 Å². The van der Waals surface area contributed by atoms with Gasteiger partial charge in [-0.2, -0.15) is 0 Å². The fourth-order valence-corrected chi connectivity index (χ4v) is 2.83. The first-order chi connectivity index (χ1) is 7.66. The van der Waals surface area contributed by atoms with Gasteiger partial charge in [-0.1, -0.05) is 30.3 Å². The van der Waals surface area contributed by atoms with Crippen molar-refractivity contribution in [1.82, 2.24) is 5.32 Å². The predicted molar refractivity (Wildman–Crippen MR) is 61.0 cm³/mol. The van der Waals surface area contributed by atoms with E-state index in [2.05, 4.69) is 5.32 Å². The molecule has 0 radical (unpaired) electrons. The minimum absolute atomic E-state index is 0.125. The summed E-state index contributed by atoms with van der Waals surface area (Å²) in [4.78, 5) is 22.0. The monoisotopic (exact) mass is 237 g/mol. The molecule has 2 unspecified atom stereocenters. The lowest BCUT2D eigenvalue weighted by atomic mass is 10.2. The first-order valence-electron chi connectivity index (χ1n) is 4.89. The van der Waals surface area contributed by atoms with E-state index in [0.29, 0.717) is 0 Å². The number of carbonyl (C=O) groups is 2. The van der Waals surface area contributed by atoms with Crippen LogP contribution in [0.4, 0.5) is 0 Å². The van der Waals surface area contributed by atoms with Crippen LogP contribution >= 0.6 is 11.8 Å². The molecular formula is C11H11NO3S. The predicted octanol–water partition coefficient (Wildman–Crippen LogP) is 1.39. The Balaban J connectivity index is 2.07. The van der Waals surface area contributed by atoms with Crippen LogP contribution in [0.25, 0.3) is 0 Å². The number of thioether (sulfide) groups is 1. The van der Waals surface area contributed by atoms with E-state index in [9.17, 15) is 9.59 Å². The van der Waals surface area contributed by atoms with E-state index >= 15 is 0 Å². The molecule has 1 saturated heterocycles. The summed E-state index contributed by atoms with van der Waals surface area (Å²) in [5, 5.41) is 10.8. The quantitative estimate of drug-likeness (QED) is 0.833. The Labute approximate surface area is 97.0 Å². The highest BCUT2D eigenvalue weighted by Gasteiger charge is 2.34. The van der Waals surface area contributed by atoms with Gasteiger partial charge in [-0.05, 0) is 5.56 Å². The van der Waals surface area contributed by atoms with E-state index in [1.165, 1.54) is 11.8 Å². The molecule has 1 heterocycles. The Morgan fingerprint density at radius 3 is 2.69 bits per heavy atom. The molecule has 2 N–H and O–H groups in total. The fraction of sp³-hybridized carbons (Fsp3) is 0.273. The summed E-state index contributed by atoms with van der Waals surface area (Å²) in [5.41, 5.74) is 0.994. The summed E-state index contributed by atoms with van der Waals surface area (Å²) in [6.45, 7) is 0. The number of rotatable bonds is 3. The van der Waals surface area contributed by atoms with Gasteiger partial charge in [-0.15, -0.1) is 11.8 Å². The number of aliphatic carboxylic acids is 1. The molecule has 1 aliphatic heterocycles. The third-order valence-corrected chi connectivity index (χ3v) is 3.70. The average molecular weight is 237 g/mol. The van der Waals surface area contributed by atoms with Crippen LogP contribution in [-0.4, -0.2) is 22.2 Å². The highest BCUT2D eigenvalue weighted by Crippen LogP contribution is 2.36. The van der Waals surface area contributed by atoms with Gasteiger partial charge < -0.3 is 10.4 Å². The maximum Gasteiger partial charge on any atom is 0.305 e. The Bertz CT molecular complexity index is 407. The molecule has 1 aliphatic rings. The lowest BCUT2D eigenvalue weighted by Gasteiger charge is -2.08. The molecule has 1 aromatic carbocycles. The highest BCUT2D eigenvalue weighted by molar-refractivity contribution is 8.01. The molecule has 2 atom stereocenters. The van der Waals surface area contributed by atoms with Crippen molar-refractivity contribution in [2.75, 3.05) is 0 Å². The maximum absolute atomic E-state index is 11.5. The van der Waals surface area contributed by atoms with Crippen molar-refractivity contribution in [2.24, 2.45) is 0 Å². The zero-order chi connectivity index (χ0) is 11.5. The van der Waals surface area contributed by atoms with Gasteiger partial charge in [-0.3, -0.25) is 9.59 Å². The topological polar surface area (TPSA) is 66.4 Å². The number of amides is 1. The van der Waals surface area contributed by atoms with E-state index in [1.54, 1.807) is 0 Å². The van der Waals surface area contributed by atoms with Gasteiger partial charge in [0.2, 0.25) is 5.91 Å². The zero-order valence-corrected chi connectivity index (χ0v) is 9.24.